The lowest BCUT2D eigenvalue weighted by molar-refractivity contribution is -0.135. The summed E-state index contributed by atoms with van der Waals surface area (Å²) in [5.41, 5.74) is 1.53. The zero-order chi connectivity index (χ0) is 27.8. The monoisotopic (exact) mass is 543 g/mol. The summed E-state index contributed by atoms with van der Waals surface area (Å²) in [5, 5.41) is 14.6. The number of carbonyl (C=O) groups excluding carboxylic acids is 3. The molecule has 1 aliphatic carbocycles. The minimum atomic E-state index is -0.720. The van der Waals surface area contributed by atoms with Crippen LogP contribution < -0.4 is 10.6 Å². The zero-order valence-corrected chi connectivity index (χ0v) is 24.1. The molecule has 10 heteroatoms. The van der Waals surface area contributed by atoms with Crippen molar-refractivity contribution >= 4 is 29.5 Å². The second-order valence-corrected chi connectivity index (χ2v) is 12.5. The predicted molar refractivity (Wildman–Crippen MR) is 148 cm³/mol. The van der Waals surface area contributed by atoms with E-state index in [-0.39, 0.29) is 34.9 Å². The van der Waals surface area contributed by atoms with Crippen molar-refractivity contribution in [1.29, 1.82) is 0 Å². The van der Waals surface area contributed by atoms with E-state index in [1.165, 1.54) is 11.8 Å². The molecule has 9 nitrogen and oxygen atoms in total. The Morgan fingerprint density at radius 2 is 1.79 bits per heavy atom. The van der Waals surface area contributed by atoms with Gasteiger partial charge in [-0.15, -0.1) is 10.2 Å². The lowest BCUT2D eigenvalue weighted by atomic mass is 9.83. The number of hydrogen-bond donors (Lipinski definition) is 2. The number of aromatic nitrogens is 2. The van der Waals surface area contributed by atoms with Crippen LogP contribution in [-0.2, 0) is 16.1 Å². The van der Waals surface area contributed by atoms with Gasteiger partial charge in [0.1, 0.15) is 5.92 Å². The molecule has 1 aromatic heterocycles. The molecule has 1 fully saturated rings. The van der Waals surface area contributed by atoms with Crippen LogP contribution >= 0.6 is 11.8 Å². The molecule has 0 radical (unpaired) electrons. The number of carbonyl (C=O) groups is 3. The van der Waals surface area contributed by atoms with E-state index in [4.69, 9.17) is 4.42 Å². The summed E-state index contributed by atoms with van der Waals surface area (Å²) >= 11 is 1.43. The highest BCUT2D eigenvalue weighted by Crippen LogP contribution is 2.29. The molecule has 3 atom stereocenters. The van der Waals surface area contributed by atoms with Crippen molar-refractivity contribution in [3.05, 3.63) is 41.3 Å². The summed E-state index contributed by atoms with van der Waals surface area (Å²) in [4.78, 5) is 41.9. The van der Waals surface area contributed by atoms with Crippen LogP contribution in [0, 0.1) is 11.8 Å². The molecule has 0 bridgehead atoms. The molecule has 1 aliphatic rings. The maximum Gasteiger partial charge on any atom is 0.276 e. The van der Waals surface area contributed by atoms with E-state index in [1.807, 2.05) is 71.0 Å². The van der Waals surface area contributed by atoms with Crippen molar-refractivity contribution in [2.75, 3.05) is 14.1 Å². The van der Waals surface area contributed by atoms with Gasteiger partial charge < -0.3 is 14.6 Å². The van der Waals surface area contributed by atoms with Crippen molar-refractivity contribution in [1.82, 2.24) is 25.7 Å². The van der Waals surface area contributed by atoms with Gasteiger partial charge in [-0.2, -0.15) is 0 Å². The Balaban J connectivity index is 1.72. The Hall–Kier alpha value is -2.72. The molecule has 2 N–H and O–H groups in total. The quantitative estimate of drug-likeness (QED) is 0.401. The van der Waals surface area contributed by atoms with Gasteiger partial charge in [0.15, 0.2) is 0 Å². The average Bonchev–Trinajstić information content (AvgIpc) is 3.29. The first-order valence-electron chi connectivity index (χ1n) is 13.4. The summed E-state index contributed by atoms with van der Waals surface area (Å²) in [6, 6.07) is 7.16. The third-order valence-corrected chi connectivity index (χ3v) is 7.33. The number of thioether (sulfide) groups is 1. The van der Waals surface area contributed by atoms with E-state index >= 15 is 0 Å². The minimum Gasteiger partial charge on any atom is -0.415 e. The summed E-state index contributed by atoms with van der Waals surface area (Å²) in [6.45, 7) is 8.68. The predicted octanol–water partition coefficient (Wildman–Crippen LogP) is 4.39. The maximum absolute atomic E-state index is 13.4. The van der Waals surface area contributed by atoms with Crippen molar-refractivity contribution in [2.24, 2.45) is 11.8 Å². The van der Waals surface area contributed by atoms with Crippen LogP contribution in [-0.4, -0.2) is 58.2 Å². The van der Waals surface area contributed by atoms with Crippen molar-refractivity contribution < 1.29 is 18.8 Å². The number of benzene rings is 1. The van der Waals surface area contributed by atoms with Gasteiger partial charge in [0.25, 0.3) is 11.1 Å². The molecule has 0 spiro atoms. The SMILES string of the molecule is CC(C)CC(C(=O)NC(=O)[C@@H]1CCCC[C@@H]1NC(=O)c1ccccc1CN(C)C)c1nnc(SC(C)C)o1. The first-order chi connectivity index (χ1) is 18.0. The number of amides is 3. The summed E-state index contributed by atoms with van der Waals surface area (Å²) in [6.07, 6.45) is 3.54. The van der Waals surface area contributed by atoms with Crippen LogP contribution in [0.15, 0.2) is 33.9 Å². The Morgan fingerprint density at radius 3 is 2.47 bits per heavy atom. The van der Waals surface area contributed by atoms with Gasteiger partial charge in [-0.1, -0.05) is 70.5 Å². The highest BCUT2D eigenvalue weighted by molar-refractivity contribution is 7.99. The van der Waals surface area contributed by atoms with Crippen molar-refractivity contribution in [3.8, 4) is 0 Å². The molecule has 1 unspecified atom stereocenters. The van der Waals surface area contributed by atoms with E-state index < -0.39 is 17.7 Å². The molecular weight excluding hydrogens is 502 g/mol. The first-order valence-corrected chi connectivity index (χ1v) is 14.3. The molecule has 3 amide bonds. The number of nitrogens with one attached hydrogen (secondary N) is 2. The molecule has 0 aliphatic heterocycles. The van der Waals surface area contributed by atoms with Gasteiger partial charge in [-0.3, -0.25) is 19.7 Å². The molecule has 1 saturated carbocycles. The summed E-state index contributed by atoms with van der Waals surface area (Å²) < 4.78 is 5.78. The van der Waals surface area contributed by atoms with Crippen molar-refractivity contribution in [2.45, 2.75) is 88.8 Å². The van der Waals surface area contributed by atoms with Crippen molar-refractivity contribution in [3.63, 3.8) is 0 Å². The smallest absolute Gasteiger partial charge is 0.276 e. The van der Waals surface area contributed by atoms with Crippen LogP contribution in [0.5, 0.6) is 0 Å². The summed E-state index contributed by atoms with van der Waals surface area (Å²) in [5.74, 6) is -1.82. The Bertz CT molecular complexity index is 1100. The lowest BCUT2D eigenvalue weighted by Crippen LogP contribution is -2.50. The second-order valence-electron chi connectivity index (χ2n) is 11.0. The van der Waals surface area contributed by atoms with E-state index in [9.17, 15) is 14.4 Å². The fraction of sp³-hybridized carbons (Fsp3) is 0.607. The fourth-order valence-electron chi connectivity index (χ4n) is 4.79. The third kappa shape index (κ3) is 8.39. The zero-order valence-electron chi connectivity index (χ0n) is 23.3. The largest absolute Gasteiger partial charge is 0.415 e. The van der Waals surface area contributed by atoms with E-state index in [0.29, 0.717) is 36.6 Å². The van der Waals surface area contributed by atoms with Gasteiger partial charge in [-0.05, 0) is 50.9 Å². The molecule has 1 heterocycles. The Kier molecular flexibility index (Phi) is 10.9. The highest BCUT2D eigenvalue weighted by atomic mass is 32.2. The molecule has 208 valence electrons. The number of rotatable bonds is 11. The first kappa shape index (κ1) is 29.8. The number of hydrogen-bond acceptors (Lipinski definition) is 8. The normalized spacial score (nSPS) is 18.6. The van der Waals surface area contributed by atoms with Gasteiger partial charge in [0.05, 0.1) is 5.92 Å². The fourth-order valence-corrected chi connectivity index (χ4v) is 5.41. The average molecular weight is 544 g/mol. The van der Waals surface area contributed by atoms with Crippen LogP contribution in [0.1, 0.15) is 87.5 Å². The second kappa shape index (κ2) is 13.9. The van der Waals surface area contributed by atoms with Crippen LogP contribution in [0.2, 0.25) is 0 Å². The maximum atomic E-state index is 13.4. The van der Waals surface area contributed by atoms with Gasteiger partial charge in [-0.25, -0.2) is 0 Å². The van der Waals surface area contributed by atoms with E-state index in [1.54, 1.807) is 0 Å². The molecule has 3 rings (SSSR count). The molecule has 0 saturated heterocycles. The lowest BCUT2D eigenvalue weighted by Gasteiger charge is -2.31. The third-order valence-electron chi connectivity index (χ3n) is 6.49. The van der Waals surface area contributed by atoms with E-state index in [2.05, 4.69) is 20.8 Å². The Morgan fingerprint density at radius 1 is 1.08 bits per heavy atom. The number of imide groups is 1. The Labute approximate surface area is 229 Å². The molecule has 38 heavy (non-hydrogen) atoms. The molecular formula is C28H41N5O4S. The van der Waals surface area contributed by atoms with Crippen LogP contribution in [0.4, 0.5) is 0 Å². The van der Waals surface area contributed by atoms with Crippen LogP contribution in [0.3, 0.4) is 0 Å². The summed E-state index contributed by atoms with van der Waals surface area (Å²) in [7, 11) is 3.91. The van der Waals surface area contributed by atoms with E-state index in [0.717, 1.165) is 18.4 Å². The topological polar surface area (TPSA) is 117 Å². The molecule has 1 aromatic carbocycles. The van der Waals surface area contributed by atoms with Gasteiger partial charge >= 0.3 is 0 Å². The minimum absolute atomic E-state index is 0.179. The standard InChI is InChI=1S/C28H41N5O4S/c1-17(2)15-22(27-31-32-28(37-27)38-18(3)4)26(36)30-25(35)21-13-9-10-14-23(21)29-24(34)20-12-8-7-11-19(20)16-33(5)6/h7-8,11-12,17-18,21-23H,9-10,13-16H2,1-6H3,(H,29,34)(H,30,35,36)/t21-,22?,23+/m1/s1. The highest BCUT2D eigenvalue weighted by Gasteiger charge is 2.36. The van der Waals surface area contributed by atoms with Crippen LogP contribution in [0.25, 0.3) is 0 Å². The van der Waals surface area contributed by atoms with Gasteiger partial charge in [0, 0.05) is 23.4 Å². The number of nitrogens with zero attached hydrogens (tertiary/aromatic N) is 3. The van der Waals surface area contributed by atoms with Gasteiger partial charge in [0.2, 0.25) is 17.7 Å². The molecule has 2 aromatic rings.